The minimum Gasteiger partial charge on any atom is -0.496 e. The summed E-state index contributed by atoms with van der Waals surface area (Å²) in [6, 6.07) is 15.1. The molecule has 0 bridgehead atoms. The minimum atomic E-state index is -0.359. The number of carbonyl (C=O) groups excluding carboxylic acids is 1. The fraction of sp³-hybridized carbons (Fsp3) is 0.118. The summed E-state index contributed by atoms with van der Waals surface area (Å²) >= 11 is 0. The van der Waals surface area contributed by atoms with Crippen molar-refractivity contribution >= 4 is 18.1 Å². The number of carbonyl (C=O) groups is 1. The molecule has 0 atom stereocenters. The van der Waals surface area contributed by atoms with Gasteiger partial charge < -0.3 is 9.47 Å². The first-order chi connectivity index (χ1) is 9.74. The maximum absolute atomic E-state index is 11.6. The van der Waals surface area contributed by atoms with Gasteiger partial charge in [-0.2, -0.15) is 0 Å². The SMILES string of the molecule is COC(=O)c1ccc(OC)c(/C=C\c2ccccc2)c1. The zero-order chi connectivity index (χ0) is 14.4. The molecular weight excluding hydrogens is 252 g/mol. The Labute approximate surface area is 118 Å². The zero-order valence-electron chi connectivity index (χ0n) is 11.5. The molecule has 2 aromatic rings. The number of hydrogen-bond donors (Lipinski definition) is 0. The zero-order valence-corrected chi connectivity index (χ0v) is 11.5. The molecule has 102 valence electrons. The van der Waals surface area contributed by atoms with Gasteiger partial charge in [-0.05, 0) is 23.8 Å². The van der Waals surface area contributed by atoms with Gasteiger partial charge in [-0.1, -0.05) is 42.5 Å². The quantitative estimate of drug-likeness (QED) is 0.627. The smallest absolute Gasteiger partial charge is 0.337 e. The van der Waals surface area contributed by atoms with Crippen LogP contribution in [0.15, 0.2) is 48.5 Å². The lowest BCUT2D eigenvalue weighted by molar-refractivity contribution is 0.0600. The van der Waals surface area contributed by atoms with Gasteiger partial charge in [-0.3, -0.25) is 0 Å². The first-order valence-corrected chi connectivity index (χ1v) is 6.24. The molecule has 0 N–H and O–H groups in total. The van der Waals surface area contributed by atoms with Gasteiger partial charge in [-0.15, -0.1) is 0 Å². The molecule has 0 heterocycles. The van der Waals surface area contributed by atoms with Crippen molar-refractivity contribution in [3.05, 3.63) is 65.2 Å². The second-order valence-electron chi connectivity index (χ2n) is 4.19. The highest BCUT2D eigenvalue weighted by Crippen LogP contribution is 2.22. The predicted molar refractivity (Wildman–Crippen MR) is 79.7 cm³/mol. The van der Waals surface area contributed by atoms with Crippen molar-refractivity contribution in [2.24, 2.45) is 0 Å². The summed E-state index contributed by atoms with van der Waals surface area (Å²) in [6.45, 7) is 0. The Morgan fingerprint density at radius 2 is 1.75 bits per heavy atom. The van der Waals surface area contributed by atoms with Crippen LogP contribution in [0.3, 0.4) is 0 Å². The van der Waals surface area contributed by atoms with Crippen LogP contribution in [0, 0.1) is 0 Å². The van der Waals surface area contributed by atoms with E-state index in [1.165, 1.54) is 7.11 Å². The fourth-order valence-corrected chi connectivity index (χ4v) is 1.86. The largest absolute Gasteiger partial charge is 0.496 e. The van der Waals surface area contributed by atoms with Gasteiger partial charge in [0.05, 0.1) is 19.8 Å². The molecule has 2 aromatic carbocycles. The molecule has 0 saturated carbocycles. The molecule has 20 heavy (non-hydrogen) atoms. The molecule has 0 aliphatic heterocycles. The van der Waals surface area contributed by atoms with E-state index in [2.05, 4.69) is 0 Å². The molecular formula is C17H16O3. The summed E-state index contributed by atoms with van der Waals surface area (Å²) in [7, 11) is 2.97. The molecule has 0 spiro atoms. The Balaban J connectivity index is 2.34. The first-order valence-electron chi connectivity index (χ1n) is 6.24. The van der Waals surface area contributed by atoms with Crippen molar-refractivity contribution in [3.8, 4) is 5.75 Å². The highest BCUT2D eigenvalue weighted by atomic mass is 16.5. The van der Waals surface area contributed by atoms with Crippen molar-refractivity contribution in [1.82, 2.24) is 0 Å². The maximum atomic E-state index is 11.6. The number of hydrogen-bond acceptors (Lipinski definition) is 3. The van der Waals surface area contributed by atoms with Crippen LogP contribution in [0.5, 0.6) is 5.75 Å². The summed E-state index contributed by atoms with van der Waals surface area (Å²) in [5.41, 5.74) is 2.42. The van der Waals surface area contributed by atoms with Gasteiger partial charge >= 0.3 is 5.97 Å². The fourth-order valence-electron chi connectivity index (χ4n) is 1.86. The highest BCUT2D eigenvalue weighted by Gasteiger charge is 2.08. The van der Waals surface area contributed by atoms with Crippen molar-refractivity contribution < 1.29 is 14.3 Å². The summed E-state index contributed by atoms with van der Waals surface area (Å²) < 4.78 is 10.0. The van der Waals surface area contributed by atoms with Gasteiger partial charge in [0, 0.05) is 5.56 Å². The van der Waals surface area contributed by atoms with Crippen LogP contribution in [-0.4, -0.2) is 20.2 Å². The van der Waals surface area contributed by atoms with E-state index >= 15 is 0 Å². The molecule has 3 heteroatoms. The second kappa shape index (κ2) is 6.57. The molecule has 2 rings (SSSR count). The van der Waals surface area contributed by atoms with Crippen LogP contribution in [0.4, 0.5) is 0 Å². The van der Waals surface area contributed by atoms with Gasteiger partial charge in [0.1, 0.15) is 5.75 Å². The van der Waals surface area contributed by atoms with Gasteiger partial charge in [0.15, 0.2) is 0 Å². The van der Waals surface area contributed by atoms with E-state index in [0.717, 1.165) is 11.1 Å². The Bertz CT molecular complexity index is 615. The van der Waals surface area contributed by atoms with Crippen LogP contribution in [0.1, 0.15) is 21.5 Å². The highest BCUT2D eigenvalue weighted by molar-refractivity contribution is 5.91. The summed E-state index contributed by atoms with van der Waals surface area (Å²) in [6.07, 6.45) is 3.89. The number of rotatable bonds is 4. The maximum Gasteiger partial charge on any atom is 0.337 e. The van der Waals surface area contributed by atoms with Crippen LogP contribution >= 0.6 is 0 Å². The average molecular weight is 268 g/mol. The van der Waals surface area contributed by atoms with Crippen LogP contribution in [0.2, 0.25) is 0 Å². The number of benzene rings is 2. The van der Waals surface area contributed by atoms with Crippen LogP contribution in [-0.2, 0) is 4.74 Å². The molecule has 0 saturated heterocycles. The van der Waals surface area contributed by atoms with Crippen LogP contribution < -0.4 is 4.74 Å². The van der Waals surface area contributed by atoms with E-state index in [1.807, 2.05) is 42.5 Å². The van der Waals surface area contributed by atoms with Crippen LogP contribution in [0.25, 0.3) is 12.2 Å². The molecule has 3 nitrogen and oxygen atoms in total. The minimum absolute atomic E-state index is 0.359. The van der Waals surface area contributed by atoms with Crippen molar-refractivity contribution in [3.63, 3.8) is 0 Å². The summed E-state index contributed by atoms with van der Waals surface area (Å²) in [4.78, 5) is 11.6. The molecule has 0 unspecified atom stereocenters. The van der Waals surface area contributed by atoms with Crippen molar-refractivity contribution in [2.75, 3.05) is 14.2 Å². The molecule has 0 aliphatic rings. The summed E-state index contributed by atoms with van der Waals surface area (Å²) in [5, 5.41) is 0. The number of esters is 1. The molecule has 0 fully saturated rings. The lowest BCUT2D eigenvalue weighted by atomic mass is 10.1. The summed E-state index contributed by atoms with van der Waals surface area (Å²) in [5.74, 6) is 0.354. The van der Waals surface area contributed by atoms with E-state index in [-0.39, 0.29) is 5.97 Å². The standard InChI is InChI=1S/C17H16O3/c1-19-16-11-10-15(17(18)20-2)12-14(16)9-8-13-6-4-3-5-7-13/h3-12H,1-2H3/b9-8-. The third kappa shape index (κ3) is 3.26. The Kier molecular flexibility index (Phi) is 4.56. The monoisotopic (exact) mass is 268 g/mol. The Morgan fingerprint density at radius 1 is 1.00 bits per heavy atom. The lowest BCUT2D eigenvalue weighted by Gasteiger charge is -2.07. The molecule has 0 amide bonds. The van der Waals surface area contributed by atoms with Crippen molar-refractivity contribution in [1.29, 1.82) is 0 Å². The molecule has 0 aromatic heterocycles. The second-order valence-corrected chi connectivity index (χ2v) is 4.19. The van der Waals surface area contributed by atoms with E-state index in [1.54, 1.807) is 25.3 Å². The lowest BCUT2D eigenvalue weighted by Crippen LogP contribution is -2.01. The van der Waals surface area contributed by atoms with E-state index in [0.29, 0.717) is 11.3 Å². The van der Waals surface area contributed by atoms with Crippen molar-refractivity contribution in [2.45, 2.75) is 0 Å². The molecule has 0 radical (unpaired) electrons. The third-order valence-corrected chi connectivity index (χ3v) is 2.91. The third-order valence-electron chi connectivity index (χ3n) is 2.91. The Hall–Kier alpha value is -2.55. The number of ether oxygens (including phenoxy) is 2. The number of methoxy groups -OCH3 is 2. The van der Waals surface area contributed by atoms with Gasteiger partial charge in [-0.25, -0.2) is 4.79 Å². The van der Waals surface area contributed by atoms with Gasteiger partial charge in [0.2, 0.25) is 0 Å². The Morgan fingerprint density at radius 3 is 2.40 bits per heavy atom. The van der Waals surface area contributed by atoms with E-state index in [9.17, 15) is 4.79 Å². The van der Waals surface area contributed by atoms with E-state index in [4.69, 9.17) is 9.47 Å². The molecule has 0 aliphatic carbocycles. The topological polar surface area (TPSA) is 35.5 Å². The predicted octanol–water partition coefficient (Wildman–Crippen LogP) is 3.65. The first kappa shape index (κ1) is 13.9. The van der Waals surface area contributed by atoms with E-state index < -0.39 is 0 Å². The average Bonchev–Trinajstić information content (AvgIpc) is 2.52. The normalized spacial score (nSPS) is 10.5. The van der Waals surface area contributed by atoms with Gasteiger partial charge in [0.25, 0.3) is 0 Å².